The highest BCUT2D eigenvalue weighted by molar-refractivity contribution is 7.99. The van der Waals surface area contributed by atoms with Gasteiger partial charge in [-0.05, 0) is 30.8 Å². The maximum Gasteiger partial charge on any atom is 0.213 e. The van der Waals surface area contributed by atoms with Crippen LogP contribution in [-0.2, 0) is 6.54 Å². The van der Waals surface area contributed by atoms with Gasteiger partial charge in [0.2, 0.25) is 5.16 Å². The fraction of sp³-hybridized carbons (Fsp3) is 0.143. The van der Waals surface area contributed by atoms with Crippen LogP contribution >= 0.6 is 23.4 Å². The van der Waals surface area contributed by atoms with Crippen molar-refractivity contribution in [3.63, 3.8) is 0 Å². The van der Waals surface area contributed by atoms with Gasteiger partial charge in [-0.25, -0.2) is 4.98 Å². The van der Waals surface area contributed by atoms with Crippen LogP contribution in [0.1, 0.15) is 6.92 Å². The predicted molar refractivity (Wildman–Crippen MR) is 82.3 cm³/mol. The minimum atomic E-state index is 0.565. The molecule has 2 aromatic heterocycles. The lowest BCUT2D eigenvalue weighted by atomic mass is 10.1. The van der Waals surface area contributed by atoms with Crippen LogP contribution in [0.15, 0.2) is 52.9 Å². The molecule has 21 heavy (non-hydrogen) atoms. The molecular formula is C14H12ClN5S. The molecule has 2 heterocycles. The van der Waals surface area contributed by atoms with E-state index in [0.29, 0.717) is 10.2 Å². The van der Waals surface area contributed by atoms with Gasteiger partial charge in [-0.2, -0.15) is 10.2 Å². The Balaban J connectivity index is 1.95. The molecule has 0 aliphatic carbocycles. The quantitative estimate of drug-likeness (QED) is 0.736. The lowest BCUT2D eigenvalue weighted by Crippen LogP contribution is -1.94. The first-order valence-electron chi connectivity index (χ1n) is 6.42. The lowest BCUT2D eigenvalue weighted by molar-refractivity contribution is 0.662. The number of rotatable bonds is 4. The van der Waals surface area contributed by atoms with Crippen LogP contribution in [0.4, 0.5) is 0 Å². The molecule has 106 valence electrons. The van der Waals surface area contributed by atoms with E-state index in [1.165, 1.54) is 11.8 Å². The molecule has 3 aromatic rings. The standard InChI is InChI=1S/C14H12ClN5S/c1-2-20-9-6-11(19-20)10-4-3-5-12(13(10)15)21-14-16-7-8-17-18-14/h3-9H,2H2,1H3. The minimum Gasteiger partial charge on any atom is -0.272 e. The van der Waals surface area contributed by atoms with Crippen molar-refractivity contribution in [2.24, 2.45) is 0 Å². The second-order valence-electron chi connectivity index (χ2n) is 4.20. The highest BCUT2D eigenvalue weighted by Crippen LogP contribution is 2.37. The number of aromatic nitrogens is 5. The van der Waals surface area contributed by atoms with E-state index in [2.05, 4.69) is 20.3 Å². The molecule has 0 aliphatic rings. The van der Waals surface area contributed by atoms with Crippen molar-refractivity contribution >= 4 is 23.4 Å². The Morgan fingerprint density at radius 2 is 2.14 bits per heavy atom. The molecule has 0 radical (unpaired) electrons. The third kappa shape index (κ3) is 3.06. The zero-order valence-electron chi connectivity index (χ0n) is 11.3. The van der Waals surface area contributed by atoms with E-state index in [1.807, 2.05) is 42.1 Å². The van der Waals surface area contributed by atoms with Crippen LogP contribution in [0, 0.1) is 0 Å². The maximum atomic E-state index is 6.50. The number of nitrogens with zero attached hydrogens (tertiary/aromatic N) is 5. The van der Waals surface area contributed by atoms with Gasteiger partial charge in [0.1, 0.15) is 0 Å². The van der Waals surface area contributed by atoms with Crippen molar-refractivity contribution in [3.05, 3.63) is 47.9 Å². The smallest absolute Gasteiger partial charge is 0.213 e. The summed E-state index contributed by atoms with van der Waals surface area (Å²) in [5, 5.41) is 13.5. The van der Waals surface area contributed by atoms with Gasteiger partial charge in [-0.1, -0.05) is 23.7 Å². The van der Waals surface area contributed by atoms with Gasteiger partial charge in [0.05, 0.1) is 23.1 Å². The lowest BCUT2D eigenvalue weighted by Gasteiger charge is -2.06. The van der Waals surface area contributed by atoms with Crippen LogP contribution < -0.4 is 0 Å². The van der Waals surface area contributed by atoms with Gasteiger partial charge in [-0.15, -0.1) is 5.10 Å². The van der Waals surface area contributed by atoms with E-state index >= 15 is 0 Å². The van der Waals surface area contributed by atoms with Crippen LogP contribution in [-0.4, -0.2) is 25.0 Å². The number of hydrogen-bond donors (Lipinski definition) is 0. The third-order valence-electron chi connectivity index (χ3n) is 2.87. The van der Waals surface area contributed by atoms with E-state index in [4.69, 9.17) is 11.6 Å². The Hall–Kier alpha value is -1.92. The summed E-state index contributed by atoms with van der Waals surface area (Å²) < 4.78 is 1.87. The summed E-state index contributed by atoms with van der Waals surface area (Å²) in [7, 11) is 0. The molecule has 0 N–H and O–H groups in total. The second-order valence-corrected chi connectivity index (χ2v) is 5.59. The van der Waals surface area contributed by atoms with Gasteiger partial charge in [0.25, 0.3) is 0 Å². The summed E-state index contributed by atoms with van der Waals surface area (Å²) in [6.45, 7) is 2.87. The average Bonchev–Trinajstić information content (AvgIpc) is 2.99. The first-order valence-corrected chi connectivity index (χ1v) is 7.61. The molecule has 0 saturated carbocycles. The Kier molecular flexibility index (Phi) is 4.17. The fourth-order valence-electron chi connectivity index (χ4n) is 1.85. The SMILES string of the molecule is CCn1ccc(-c2cccc(Sc3nccnn3)c2Cl)n1. The van der Waals surface area contributed by atoms with Gasteiger partial charge >= 0.3 is 0 Å². The van der Waals surface area contributed by atoms with E-state index < -0.39 is 0 Å². The van der Waals surface area contributed by atoms with Gasteiger partial charge in [-0.3, -0.25) is 4.68 Å². The molecule has 1 aromatic carbocycles. The Morgan fingerprint density at radius 3 is 2.86 bits per heavy atom. The molecular weight excluding hydrogens is 306 g/mol. The fourth-order valence-corrected chi connectivity index (χ4v) is 2.93. The van der Waals surface area contributed by atoms with Gasteiger partial charge < -0.3 is 0 Å². The van der Waals surface area contributed by atoms with Crippen molar-refractivity contribution in [1.82, 2.24) is 25.0 Å². The molecule has 0 aliphatic heterocycles. The van der Waals surface area contributed by atoms with Crippen LogP contribution in [0.3, 0.4) is 0 Å². The Morgan fingerprint density at radius 1 is 1.24 bits per heavy atom. The van der Waals surface area contributed by atoms with E-state index in [-0.39, 0.29) is 0 Å². The summed E-state index contributed by atoms with van der Waals surface area (Å²) in [4.78, 5) is 5.03. The van der Waals surface area contributed by atoms with Gasteiger partial charge in [0.15, 0.2) is 0 Å². The molecule has 0 saturated heterocycles. The molecule has 0 fully saturated rings. The largest absolute Gasteiger partial charge is 0.272 e. The van der Waals surface area contributed by atoms with Crippen molar-refractivity contribution in [2.45, 2.75) is 23.5 Å². The van der Waals surface area contributed by atoms with Crippen LogP contribution in [0.2, 0.25) is 5.02 Å². The molecule has 5 nitrogen and oxygen atoms in total. The summed E-state index contributed by atoms with van der Waals surface area (Å²) in [5.41, 5.74) is 1.76. The first kappa shape index (κ1) is 14.0. The number of hydrogen-bond acceptors (Lipinski definition) is 5. The summed E-state index contributed by atoms with van der Waals surface area (Å²) in [6.07, 6.45) is 5.09. The number of halogens is 1. The summed E-state index contributed by atoms with van der Waals surface area (Å²) >= 11 is 7.88. The van der Waals surface area contributed by atoms with Crippen LogP contribution in [0.25, 0.3) is 11.3 Å². The molecule has 7 heteroatoms. The third-order valence-corrected chi connectivity index (χ3v) is 4.32. The maximum absolute atomic E-state index is 6.50. The number of benzene rings is 1. The summed E-state index contributed by atoms with van der Waals surface area (Å²) in [5.74, 6) is 0. The minimum absolute atomic E-state index is 0.565. The summed E-state index contributed by atoms with van der Waals surface area (Å²) in [6, 6.07) is 7.80. The molecule has 0 atom stereocenters. The van der Waals surface area contributed by atoms with Crippen molar-refractivity contribution in [3.8, 4) is 11.3 Å². The molecule has 0 amide bonds. The first-order chi connectivity index (χ1) is 10.3. The van der Waals surface area contributed by atoms with Gasteiger partial charge in [0, 0.05) is 23.2 Å². The highest BCUT2D eigenvalue weighted by atomic mass is 35.5. The predicted octanol–water partition coefficient (Wildman–Crippen LogP) is 3.56. The molecule has 0 unspecified atom stereocenters. The molecule has 3 rings (SSSR count). The van der Waals surface area contributed by atoms with E-state index in [1.54, 1.807) is 12.4 Å². The molecule has 0 spiro atoms. The monoisotopic (exact) mass is 317 g/mol. The Labute approximate surface area is 131 Å². The van der Waals surface area contributed by atoms with Crippen molar-refractivity contribution in [2.75, 3.05) is 0 Å². The van der Waals surface area contributed by atoms with Crippen molar-refractivity contribution < 1.29 is 0 Å². The second kappa shape index (κ2) is 6.24. The average molecular weight is 318 g/mol. The normalized spacial score (nSPS) is 10.8. The Bertz CT molecular complexity index is 744. The van der Waals surface area contributed by atoms with E-state index in [0.717, 1.165) is 22.7 Å². The van der Waals surface area contributed by atoms with Crippen LogP contribution in [0.5, 0.6) is 0 Å². The van der Waals surface area contributed by atoms with Crippen molar-refractivity contribution in [1.29, 1.82) is 0 Å². The zero-order chi connectivity index (χ0) is 14.7. The molecule has 0 bridgehead atoms. The number of aryl methyl sites for hydroxylation is 1. The highest BCUT2D eigenvalue weighted by Gasteiger charge is 2.12. The zero-order valence-corrected chi connectivity index (χ0v) is 12.8. The van der Waals surface area contributed by atoms with E-state index in [9.17, 15) is 0 Å². The topological polar surface area (TPSA) is 56.5 Å².